The van der Waals surface area contributed by atoms with Crippen molar-refractivity contribution in [2.24, 2.45) is 0 Å². The lowest BCUT2D eigenvalue weighted by atomic mass is 10.1. The largest absolute Gasteiger partial charge is 0.492 e. The summed E-state index contributed by atoms with van der Waals surface area (Å²) in [6.07, 6.45) is 0. The molecule has 0 aromatic heterocycles. The minimum atomic E-state index is -0.893. The molecule has 0 spiro atoms. The van der Waals surface area contributed by atoms with Gasteiger partial charge >= 0.3 is 5.97 Å². The fourth-order valence-corrected chi connectivity index (χ4v) is 1.85. The molecule has 4 heteroatoms. The number of aromatic carboxylic acids is 1. The maximum Gasteiger partial charge on any atom is 0.335 e. The zero-order chi connectivity index (χ0) is 11.5. The lowest BCUT2D eigenvalue weighted by Crippen LogP contribution is -2.25. The Morgan fingerprint density at radius 2 is 2.38 bits per heavy atom. The Balaban J connectivity index is 2.32. The van der Waals surface area contributed by atoms with Gasteiger partial charge in [0.1, 0.15) is 12.4 Å². The highest BCUT2D eigenvalue weighted by Gasteiger charge is 2.15. The third-order valence-electron chi connectivity index (χ3n) is 2.81. The van der Waals surface area contributed by atoms with E-state index in [9.17, 15) is 4.79 Å². The lowest BCUT2D eigenvalue weighted by molar-refractivity contribution is 0.0696. The predicted molar refractivity (Wildman–Crippen MR) is 59.8 cm³/mol. The van der Waals surface area contributed by atoms with Gasteiger partial charge in [0.15, 0.2) is 0 Å². The molecular formula is C12H15NO3. The van der Waals surface area contributed by atoms with E-state index in [1.54, 1.807) is 18.2 Å². The number of nitrogens with zero attached hydrogens (tertiary/aromatic N) is 1. The van der Waals surface area contributed by atoms with E-state index in [0.29, 0.717) is 12.2 Å². The summed E-state index contributed by atoms with van der Waals surface area (Å²) in [6, 6.07) is 5.03. The van der Waals surface area contributed by atoms with E-state index in [4.69, 9.17) is 9.84 Å². The average molecular weight is 221 g/mol. The van der Waals surface area contributed by atoms with Gasteiger partial charge in [-0.05, 0) is 24.7 Å². The summed E-state index contributed by atoms with van der Waals surface area (Å²) in [7, 11) is 0. The maximum atomic E-state index is 10.9. The Bertz CT molecular complexity index is 403. The highest BCUT2D eigenvalue weighted by molar-refractivity contribution is 5.88. The number of carboxylic acids is 1. The normalized spacial score (nSPS) is 16.1. The van der Waals surface area contributed by atoms with Crippen molar-refractivity contribution in [2.45, 2.75) is 13.5 Å². The van der Waals surface area contributed by atoms with Crippen LogP contribution in [0.5, 0.6) is 5.75 Å². The number of rotatable bonds is 2. The third-order valence-corrected chi connectivity index (χ3v) is 2.81. The van der Waals surface area contributed by atoms with Crippen molar-refractivity contribution in [3.05, 3.63) is 29.3 Å². The van der Waals surface area contributed by atoms with Crippen molar-refractivity contribution >= 4 is 5.97 Å². The molecule has 0 saturated carbocycles. The molecule has 1 heterocycles. The van der Waals surface area contributed by atoms with E-state index >= 15 is 0 Å². The molecule has 0 unspecified atom stereocenters. The smallest absolute Gasteiger partial charge is 0.335 e. The summed E-state index contributed by atoms with van der Waals surface area (Å²) in [5.41, 5.74) is 1.28. The molecule has 1 aliphatic rings. The first-order valence-electron chi connectivity index (χ1n) is 5.42. The molecule has 0 saturated heterocycles. The van der Waals surface area contributed by atoms with E-state index in [-0.39, 0.29) is 0 Å². The second-order valence-electron chi connectivity index (χ2n) is 3.84. The van der Waals surface area contributed by atoms with Gasteiger partial charge in [0.2, 0.25) is 0 Å². The minimum absolute atomic E-state index is 0.320. The lowest BCUT2D eigenvalue weighted by Gasteiger charge is -2.16. The van der Waals surface area contributed by atoms with Crippen molar-refractivity contribution < 1.29 is 14.6 Å². The Morgan fingerprint density at radius 1 is 1.56 bits per heavy atom. The SMILES string of the molecule is CCN1CCOc2ccc(C(=O)O)cc2C1. The second-order valence-corrected chi connectivity index (χ2v) is 3.84. The number of carboxylic acid groups (broad SMARTS) is 1. The first-order valence-corrected chi connectivity index (χ1v) is 5.42. The minimum Gasteiger partial charge on any atom is -0.492 e. The Hall–Kier alpha value is -1.55. The first-order chi connectivity index (χ1) is 7.70. The third kappa shape index (κ3) is 2.17. The topological polar surface area (TPSA) is 49.8 Å². The number of benzene rings is 1. The molecule has 0 bridgehead atoms. The number of carbonyl (C=O) groups is 1. The summed E-state index contributed by atoms with van der Waals surface area (Å²) < 4.78 is 5.58. The molecule has 0 radical (unpaired) electrons. The zero-order valence-corrected chi connectivity index (χ0v) is 9.27. The van der Waals surface area contributed by atoms with Crippen molar-refractivity contribution in [1.29, 1.82) is 0 Å². The van der Waals surface area contributed by atoms with Crippen LogP contribution in [0.15, 0.2) is 18.2 Å². The molecule has 1 aromatic rings. The van der Waals surface area contributed by atoms with Crippen molar-refractivity contribution in [3.8, 4) is 5.75 Å². The summed E-state index contributed by atoms with van der Waals surface area (Å²) in [4.78, 5) is 13.1. The van der Waals surface area contributed by atoms with Gasteiger partial charge in [0.05, 0.1) is 5.56 Å². The summed E-state index contributed by atoms with van der Waals surface area (Å²) in [5.74, 6) is -0.0870. The van der Waals surface area contributed by atoms with Crippen LogP contribution in [-0.2, 0) is 6.54 Å². The highest BCUT2D eigenvalue weighted by atomic mass is 16.5. The average Bonchev–Trinajstić information content (AvgIpc) is 2.49. The monoisotopic (exact) mass is 221 g/mol. The first kappa shape index (κ1) is 11.0. The van der Waals surface area contributed by atoms with Gasteiger partial charge in [-0.15, -0.1) is 0 Å². The molecule has 4 nitrogen and oxygen atoms in total. The van der Waals surface area contributed by atoms with E-state index in [2.05, 4.69) is 11.8 Å². The molecule has 16 heavy (non-hydrogen) atoms. The number of hydrogen-bond acceptors (Lipinski definition) is 3. The van der Waals surface area contributed by atoms with E-state index < -0.39 is 5.97 Å². The molecule has 0 amide bonds. The molecule has 86 valence electrons. The second kappa shape index (κ2) is 4.53. The van der Waals surface area contributed by atoms with E-state index in [1.807, 2.05) is 0 Å². The molecule has 0 fully saturated rings. The van der Waals surface area contributed by atoms with Crippen molar-refractivity contribution in [1.82, 2.24) is 4.90 Å². The van der Waals surface area contributed by atoms with Gasteiger partial charge in [0.25, 0.3) is 0 Å². The summed E-state index contributed by atoms with van der Waals surface area (Å²) in [6.45, 7) is 5.33. The van der Waals surface area contributed by atoms with Crippen molar-refractivity contribution in [2.75, 3.05) is 19.7 Å². The predicted octanol–water partition coefficient (Wildman–Crippen LogP) is 1.60. The number of hydrogen-bond donors (Lipinski definition) is 1. The van der Waals surface area contributed by atoms with Crippen LogP contribution in [0.1, 0.15) is 22.8 Å². The maximum absolute atomic E-state index is 10.9. The van der Waals surface area contributed by atoms with Crippen LogP contribution in [0.4, 0.5) is 0 Å². The van der Waals surface area contributed by atoms with Crippen LogP contribution in [0.2, 0.25) is 0 Å². The quantitative estimate of drug-likeness (QED) is 0.824. The number of fused-ring (bicyclic) bond motifs is 1. The van der Waals surface area contributed by atoms with Gasteiger partial charge in [-0.1, -0.05) is 6.92 Å². The molecule has 1 N–H and O–H groups in total. The Morgan fingerprint density at radius 3 is 3.06 bits per heavy atom. The number of ether oxygens (including phenoxy) is 1. The van der Waals surface area contributed by atoms with Crippen LogP contribution in [0, 0.1) is 0 Å². The van der Waals surface area contributed by atoms with Crippen LogP contribution >= 0.6 is 0 Å². The number of likely N-dealkylation sites (N-methyl/N-ethyl adjacent to an activating group) is 1. The summed E-state index contributed by atoms with van der Waals surface area (Å²) in [5, 5.41) is 8.93. The van der Waals surface area contributed by atoms with Crippen LogP contribution in [0.3, 0.4) is 0 Å². The molecule has 0 aliphatic carbocycles. The van der Waals surface area contributed by atoms with Gasteiger partial charge in [0, 0.05) is 18.7 Å². The molecule has 1 aliphatic heterocycles. The molecule has 2 rings (SSSR count). The zero-order valence-electron chi connectivity index (χ0n) is 9.27. The van der Waals surface area contributed by atoms with E-state index in [1.165, 1.54) is 0 Å². The van der Waals surface area contributed by atoms with Gasteiger partial charge in [-0.25, -0.2) is 4.79 Å². The van der Waals surface area contributed by atoms with Crippen LogP contribution in [0.25, 0.3) is 0 Å². The standard InChI is InChI=1S/C12H15NO3/c1-2-13-5-6-16-11-4-3-9(12(14)15)7-10(11)8-13/h3-4,7H,2,5-6,8H2,1H3,(H,14,15). The molecule has 1 aromatic carbocycles. The Kier molecular flexibility index (Phi) is 3.10. The Labute approximate surface area is 94.4 Å². The van der Waals surface area contributed by atoms with Crippen LogP contribution in [-0.4, -0.2) is 35.7 Å². The summed E-state index contributed by atoms with van der Waals surface area (Å²) >= 11 is 0. The van der Waals surface area contributed by atoms with Gasteiger partial charge in [-0.3, -0.25) is 4.90 Å². The van der Waals surface area contributed by atoms with E-state index in [0.717, 1.165) is 30.9 Å². The highest BCUT2D eigenvalue weighted by Crippen LogP contribution is 2.24. The molecule has 0 atom stereocenters. The van der Waals surface area contributed by atoms with Crippen molar-refractivity contribution in [3.63, 3.8) is 0 Å². The fraction of sp³-hybridized carbons (Fsp3) is 0.417. The molecular weight excluding hydrogens is 206 g/mol. The van der Waals surface area contributed by atoms with Gasteiger partial charge < -0.3 is 9.84 Å². The van der Waals surface area contributed by atoms with Crippen LogP contribution < -0.4 is 4.74 Å². The van der Waals surface area contributed by atoms with Gasteiger partial charge in [-0.2, -0.15) is 0 Å². The fourth-order valence-electron chi connectivity index (χ4n) is 1.85.